The van der Waals surface area contributed by atoms with Crippen LogP contribution in [-0.4, -0.2) is 18.0 Å². The highest BCUT2D eigenvalue weighted by Gasteiger charge is 2.31. The van der Waals surface area contributed by atoms with Crippen LogP contribution >= 0.6 is 15.9 Å². The van der Waals surface area contributed by atoms with Gasteiger partial charge in [-0.25, -0.2) is 0 Å². The summed E-state index contributed by atoms with van der Waals surface area (Å²) in [4.78, 5) is 4.47. The SMILES string of the molecule is NCCN1C(c2cccc(Br)c2)=CN2C1=CNc1ccccc12. The highest BCUT2D eigenvalue weighted by Crippen LogP contribution is 2.41. The molecule has 0 saturated heterocycles. The van der Waals surface area contributed by atoms with E-state index in [0.29, 0.717) is 6.54 Å². The zero-order valence-electron chi connectivity index (χ0n) is 12.5. The van der Waals surface area contributed by atoms with Gasteiger partial charge in [0.2, 0.25) is 0 Å². The Bertz CT molecular complexity index is 812. The molecule has 23 heavy (non-hydrogen) atoms. The number of hydrogen-bond donors (Lipinski definition) is 2. The number of rotatable bonds is 3. The number of para-hydroxylation sites is 2. The Kier molecular flexibility index (Phi) is 3.59. The lowest BCUT2D eigenvalue weighted by Crippen LogP contribution is -2.31. The van der Waals surface area contributed by atoms with Gasteiger partial charge in [-0.15, -0.1) is 0 Å². The highest BCUT2D eigenvalue weighted by molar-refractivity contribution is 9.10. The van der Waals surface area contributed by atoms with Gasteiger partial charge in [0.15, 0.2) is 0 Å². The van der Waals surface area contributed by atoms with Gasteiger partial charge in [-0.3, -0.25) is 4.90 Å². The molecule has 0 amide bonds. The Balaban J connectivity index is 1.82. The van der Waals surface area contributed by atoms with E-state index in [1.807, 2.05) is 18.3 Å². The van der Waals surface area contributed by atoms with E-state index in [9.17, 15) is 0 Å². The Morgan fingerprint density at radius 2 is 1.96 bits per heavy atom. The highest BCUT2D eigenvalue weighted by atomic mass is 79.9. The zero-order valence-corrected chi connectivity index (χ0v) is 14.1. The molecule has 116 valence electrons. The molecule has 0 spiro atoms. The fourth-order valence-electron chi connectivity index (χ4n) is 3.04. The normalized spacial score (nSPS) is 15.6. The average Bonchev–Trinajstić information content (AvgIpc) is 2.94. The van der Waals surface area contributed by atoms with Crippen LogP contribution in [0.5, 0.6) is 0 Å². The maximum atomic E-state index is 5.85. The number of fused-ring (bicyclic) bond motifs is 3. The van der Waals surface area contributed by atoms with Gasteiger partial charge in [0.25, 0.3) is 0 Å². The first kappa shape index (κ1) is 14.4. The molecular formula is C18H17BrN4. The van der Waals surface area contributed by atoms with E-state index in [-0.39, 0.29) is 0 Å². The minimum Gasteiger partial charge on any atom is -0.357 e. The third-order valence-electron chi connectivity index (χ3n) is 4.06. The average molecular weight is 369 g/mol. The molecule has 0 aromatic heterocycles. The van der Waals surface area contributed by atoms with Crippen LogP contribution < -0.4 is 16.0 Å². The van der Waals surface area contributed by atoms with Crippen molar-refractivity contribution < 1.29 is 0 Å². The van der Waals surface area contributed by atoms with E-state index in [0.717, 1.165) is 33.9 Å². The molecular weight excluding hydrogens is 352 g/mol. The summed E-state index contributed by atoms with van der Waals surface area (Å²) in [6.45, 7) is 1.36. The van der Waals surface area contributed by atoms with Crippen molar-refractivity contribution in [2.45, 2.75) is 0 Å². The Hall–Kier alpha value is -2.24. The molecule has 0 bridgehead atoms. The molecule has 3 N–H and O–H groups in total. The van der Waals surface area contributed by atoms with Crippen molar-refractivity contribution in [3.8, 4) is 0 Å². The molecule has 2 aliphatic rings. The van der Waals surface area contributed by atoms with Crippen molar-refractivity contribution in [2.24, 2.45) is 5.73 Å². The summed E-state index contributed by atoms with van der Waals surface area (Å²) in [5.74, 6) is 1.10. The summed E-state index contributed by atoms with van der Waals surface area (Å²) in [6.07, 6.45) is 4.22. The number of nitrogens with zero attached hydrogens (tertiary/aromatic N) is 2. The largest absolute Gasteiger partial charge is 0.357 e. The van der Waals surface area contributed by atoms with Crippen LogP contribution in [0.3, 0.4) is 0 Å². The standard InChI is InChI=1S/C18H17BrN4/c19-14-5-3-4-13(10-14)17-12-23-16-7-2-1-6-15(16)21-11-18(23)22(17)9-8-20/h1-7,10-12,21H,8-9,20H2. The molecule has 4 rings (SSSR count). The van der Waals surface area contributed by atoms with Crippen LogP contribution in [-0.2, 0) is 0 Å². The van der Waals surface area contributed by atoms with Crippen molar-refractivity contribution in [1.82, 2.24) is 4.90 Å². The van der Waals surface area contributed by atoms with E-state index in [4.69, 9.17) is 5.73 Å². The van der Waals surface area contributed by atoms with Crippen molar-refractivity contribution in [3.05, 3.63) is 76.8 Å². The van der Waals surface area contributed by atoms with Gasteiger partial charge in [0, 0.05) is 35.5 Å². The molecule has 2 aromatic rings. The summed E-state index contributed by atoms with van der Waals surface area (Å²) in [5.41, 5.74) is 10.4. The van der Waals surface area contributed by atoms with Crippen molar-refractivity contribution in [2.75, 3.05) is 23.3 Å². The number of anilines is 2. The second kappa shape index (κ2) is 5.76. The minimum atomic E-state index is 0.595. The third-order valence-corrected chi connectivity index (χ3v) is 4.55. The van der Waals surface area contributed by atoms with Gasteiger partial charge in [-0.1, -0.05) is 40.2 Å². The summed E-state index contributed by atoms with van der Waals surface area (Å²) in [7, 11) is 0. The molecule has 2 aromatic carbocycles. The van der Waals surface area contributed by atoms with Crippen molar-refractivity contribution in [1.29, 1.82) is 0 Å². The number of nitrogens with two attached hydrogens (primary N) is 1. The maximum absolute atomic E-state index is 5.85. The molecule has 0 saturated carbocycles. The molecule has 0 fully saturated rings. The number of halogens is 1. The molecule has 4 nitrogen and oxygen atoms in total. The predicted octanol–water partition coefficient (Wildman–Crippen LogP) is 3.75. The second-order valence-corrected chi connectivity index (χ2v) is 6.41. The quantitative estimate of drug-likeness (QED) is 0.865. The first-order valence-electron chi connectivity index (χ1n) is 7.58. The first-order chi connectivity index (χ1) is 11.3. The van der Waals surface area contributed by atoms with E-state index < -0.39 is 0 Å². The molecule has 0 aliphatic carbocycles. The third kappa shape index (κ3) is 2.42. The van der Waals surface area contributed by atoms with E-state index in [1.54, 1.807) is 0 Å². The van der Waals surface area contributed by atoms with Gasteiger partial charge < -0.3 is 16.0 Å². The maximum Gasteiger partial charge on any atom is 0.134 e. The lowest BCUT2D eigenvalue weighted by Gasteiger charge is -2.31. The smallest absolute Gasteiger partial charge is 0.134 e. The van der Waals surface area contributed by atoms with Crippen LogP contribution in [0.25, 0.3) is 5.70 Å². The number of benzene rings is 2. The summed E-state index contributed by atoms with van der Waals surface area (Å²) < 4.78 is 1.07. The van der Waals surface area contributed by atoms with E-state index in [1.165, 1.54) is 5.56 Å². The molecule has 0 unspecified atom stereocenters. The summed E-state index contributed by atoms with van der Waals surface area (Å²) in [6, 6.07) is 16.6. The monoisotopic (exact) mass is 368 g/mol. The van der Waals surface area contributed by atoms with E-state index >= 15 is 0 Å². The van der Waals surface area contributed by atoms with Crippen LogP contribution in [0.4, 0.5) is 11.4 Å². The number of hydrogen-bond acceptors (Lipinski definition) is 4. The lowest BCUT2D eigenvalue weighted by molar-refractivity contribution is 0.506. The van der Waals surface area contributed by atoms with E-state index in [2.05, 4.69) is 73.6 Å². The van der Waals surface area contributed by atoms with Crippen LogP contribution in [0.15, 0.2) is 71.2 Å². The predicted molar refractivity (Wildman–Crippen MR) is 98.5 cm³/mol. The lowest BCUT2D eigenvalue weighted by atomic mass is 10.1. The van der Waals surface area contributed by atoms with Crippen molar-refractivity contribution >= 4 is 33.0 Å². The Labute approximate surface area is 144 Å². The fraction of sp³-hybridized carbons (Fsp3) is 0.111. The topological polar surface area (TPSA) is 44.5 Å². The van der Waals surface area contributed by atoms with Gasteiger partial charge in [-0.05, 0) is 24.3 Å². The second-order valence-electron chi connectivity index (χ2n) is 5.50. The molecule has 0 radical (unpaired) electrons. The number of nitrogens with one attached hydrogen (secondary N) is 1. The van der Waals surface area contributed by atoms with Crippen LogP contribution in [0.1, 0.15) is 5.56 Å². The first-order valence-corrected chi connectivity index (χ1v) is 8.37. The Morgan fingerprint density at radius 1 is 1.09 bits per heavy atom. The van der Waals surface area contributed by atoms with Gasteiger partial charge in [0.05, 0.1) is 17.1 Å². The molecule has 2 heterocycles. The minimum absolute atomic E-state index is 0.595. The molecule has 0 atom stereocenters. The van der Waals surface area contributed by atoms with Crippen LogP contribution in [0.2, 0.25) is 0 Å². The van der Waals surface area contributed by atoms with Gasteiger partial charge >= 0.3 is 0 Å². The summed E-state index contributed by atoms with van der Waals surface area (Å²) >= 11 is 3.56. The Morgan fingerprint density at radius 3 is 2.78 bits per heavy atom. The van der Waals surface area contributed by atoms with Crippen molar-refractivity contribution in [3.63, 3.8) is 0 Å². The molecule has 5 heteroatoms. The molecule has 2 aliphatic heterocycles. The summed E-state index contributed by atoms with van der Waals surface area (Å²) in [5, 5.41) is 3.38. The van der Waals surface area contributed by atoms with Crippen LogP contribution in [0, 0.1) is 0 Å². The zero-order chi connectivity index (χ0) is 15.8. The fourth-order valence-corrected chi connectivity index (χ4v) is 3.44. The van der Waals surface area contributed by atoms with Gasteiger partial charge in [-0.2, -0.15) is 0 Å². The van der Waals surface area contributed by atoms with Gasteiger partial charge in [0.1, 0.15) is 5.82 Å².